The highest BCUT2D eigenvalue weighted by Gasteiger charge is 2.33. The van der Waals surface area contributed by atoms with Crippen molar-refractivity contribution in [2.24, 2.45) is 5.92 Å². The summed E-state index contributed by atoms with van der Waals surface area (Å²) in [5, 5.41) is 11.9. The van der Waals surface area contributed by atoms with Gasteiger partial charge in [-0.2, -0.15) is 0 Å². The number of aromatic carboxylic acids is 1. The zero-order valence-corrected chi connectivity index (χ0v) is 14.2. The maximum atomic E-state index is 12.6. The molecule has 25 heavy (non-hydrogen) atoms. The summed E-state index contributed by atoms with van der Waals surface area (Å²) in [5.41, 5.74) is 0.598. The van der Waals surface area contributed by atoms with E-state index >= 15 is 0 Å². The molecule has 6 nitrogen and oxygen atoms in total. The van der Waals surface area contributed by atoms with Crippen LogP contribution < -0.4 is 5.32 Å². The van der Waals surface area contributed by atoms with Crippen LogP contribution in [0.4, 0.5) is 0 Å². The van der Waals surface area contributed by atoms with Crippen LogP contribution in [-0.2, 0) is 4.79 Å². The SMILES string of the molecule is O=C(O)c1ccc(C(=O)N[C@H]2CC[C@@H](C(=O)N3CCCCC3)C2)cc1. The molecule has 6 heteroatoms. The monoisotopic (exact) mass is 344 g/mol. The Balaban J connectivity index is 1.52. The van der Waals surface area contributed by atoms with Crippen LogP contribution in [0.2, 0.25) is 0 Å². The van der Waals surface area contributed by atoms with Crippen molar-refractivity contribution in [1.82, 2.24) is 10.2 Å². The number of carbonyl (C=O) groups excluding carboxylic acids is 2. The highest BCUT2D eigenvalue weighted by atomic mass is 16.4. The maximum Gasteiger partial charge on any atom is 0.335 e. The standard InChI is InChI=1S/C19H24N2O4/c22-17(13-4-6-14(7-5-13)19(24)25)20-16-9-8-15(12-16)18(23)21-10-2-1-3-11-21/h4-7,15-16H,1-3,8-12H2,(H,20,22)(H,24,25)/t15-,16+/m1/s1. The first-order valence-electron chi connectivity index (χ1n) is 8.97. The van der Waals surface area contributed by atoms with E-state index in [1.807, 2.05) is 4.90 Å². The zero-order chi connectivity index (χ0) is 17.8. The summed E-state index contributed by atoms with van der Waals surface area (Å²) < 4.78 is 0. The molecule has 1 heterocycles. The van der Waals surface area contributed by atoms with Gasteiger partial charge in [0.25, 0.3) is 5.91 Å². The molecule has 0 unspecified atom stereocenters. The van der Waals surface area contributed by atoms with Crippen LogP contribution >= 0.6 is 0 Å². The van der Waals surface area contributed by atoms with Gasteiger partial charge in [-0.3, -0.25) is 9.59 Å². The van der Waals surface area contributed by atoms with E-state index in [2.05, 4.69) is 5.32 Å². The van der Waals surface area contributed by atoms with E-state index < -0.39 is 5.97 Å². The van der Waals surface area contributed by atoms with Crippen LogP contribution in [0.1, 0.15) is 59.2 Å². The fourth-order valence-electron chi connectivity index (χ4n) is 3.74. The number of likely N-dealkylation sites (tertiary alicyclic amines) is 1. The van der Waals surface area contributed by atoms with Crippen LogP contribution in [0.25, 0.3) is 0 Å². The minimum absolute atomic E-state index is 0.00499. The summed E-state index contributed by atoms with van der Waals surface area (Å²) in [6.45, 7) is 1.73. The second kappa shape index (κ2) is 7.68. The van der Waals surface area contributed by atoms with E-state index in [0.717, 1.165) is 38.8 Å². The molecule has 1 aliphatic heterocycles. The van der Waals surface area contributed by atoms with E-state index in [4.69, 9.17) is 5.11 Å². The zero-order valence-electron chi connectivity index (χ0n) is 14.2. The lowest BCUT2D eigenvalue weighted by Gasteiger charge is -2.29. The van der Waals surface area contributed by atoms with Crippen molar-refractivity contribution in [3.8, 4) is 0 Å². The number of piperidine rings is 1. The van der Waals surface area contributed by atoms with E-state index in [-0.39, 0.29) is 29.3 Å². The summed E-state index contributed by atoms with van der Waals surface area (Å²) in [4.78, 5) is 37.7. The average molecular weight is 344 g/mol. The Morgan fingerprint density at radius 3 is 2.24 bits per heavy atom. The molecule has 0 bridgehead atoms. The van der Waals surface area contributed by atoms with Crippen molar-refractivity contribution in [2.45, 2.75) is 44.6 Å². The number of amides is 2. The highest BCUT2D eigenvalue weighted by Crippen LogP contribution is 2.28. The molecule has 1 aromatic rings. The van der Waals surface area contributed by atoms with Crippen molar-refractivity contribution >= 4 is 17.8 Å². The number of carboxylic acids is 1. The molecule has 1 saturated carbocycles. The van der Waals surface area contributed by atoms with Crippen LogP contribution in [0.3, 0.4) is 0 Å². The molecule has 2 fully saturated rings. The summed E-state index contributed by atoms with van der Waals surface area (Å²) in [6, 6.07) is 5.89. The molecular formula is C19H24N2O4. The maximum absolute atomic E-state index is 12.6. The Morgan fingerprint density at radius 1 is 0.960 bits per heavy atom. The summed E-state index contributed by atoms with van der Waals surface area (Å²) in [6.07, 6.45) is 5.69. The molecule has 1 aliphatic carbocycles. The van der Waals surface area contributed by atoms with Gasteiger partial charge in [0.05, 0.1) is 5.56 Å². The van der Waals surface area contributed by atoms with Crippen molar-refractivity contribution in [3.05, 3.63) is 35.4 Å². The fraction of sp³-hybridized carbons (Fsp3) is 0.526. The number of benzene rings is 1. The van der Waals surface area contributed by atoms with Gasteiger partial charge in [0.2, 0.25) is 5.91 Å². The van der Waals surface area contributed by atoms with E-state index in [1.165, 1.54) is 30.7 Å². The van der Waals surface area contributed by atoms with E-state index in [1.54, 1.807) is 0 Å². The van der Waals surface area contributed by atoms with Crippen molar-refractivity contribution in [3.63, 3.8) is 0 Å². The molecule has 2 atom stereocenters. The largest absolute Gasteiger partial charge is 0.478 e. The molecule has 2 N–H and O–H groups in total. The van der Waals surface area contributed by atoms with Crippen LogP contribution in [0.5, 0.6) is 0 Å². The Kier molecular flexibility index (Phi) is 5.36. The molecule has 1 aromatic carbocycles. The van der Waals surface area contributed by atoms with Gasteiger partial charge in [-0.05, 0) is 62.8 Å². The summed E-state index contributed by atoms with van der Waals surface area (Å²) in [5.74, 6) is -0.977. The lowest BCUT2D eigenvalue weighted by Crippen LogP contribution is -2.40. The number of carboxylic acid groups (broad SMARTS) is 1. The minimum Gasteiger partial charge on any atom is -0.478 e. The Labute approximate surface area is 147 Å². The number of rotatable bonds is 4. The number of hydrogen-bond donors (Lipinski definition) is 2. The predicted octanol–water partition coefficient (Wildman–Crippen LogP) is 2.30. The van der Waals surface area contributed by atoms with Gasteiger partial charge in [0.1, 0.15) is 0 Å². The Hall–Kier alpha value is -2.37. The number of carbonyl (C=O) groups is 3. The van der Waals surface area contributed by atoms with Crippen molar-refractivity contribution in [2.75, 3.05) is 13.1 Å². The fourth-order valence-corrected chi connectivity index (χ4v) is 3.74. The molecule has 2 amide bonds. The van der Waals surface area contributed by atoms with E-state index in [9.17, 15) is 14.4 Å². The van der Waals surface area contributed by atoms with Gasteiger partial charge < -0.3 is 15.3 Å². The summed E-state index contributed by atoms with van der Waals surface area (Å²) in [7, 11) is 0. The number of nitrogens with zero attached hydrogens (tertiary/aromatic N) is 1. The summed E-state index contributed by atoms with van der Waals surface area (Å²) >= 11 is 0. The molecule has 134 valence electrons. The molecule has 3 rings (SSSR count). The van der Waals surface area contributed by atoms with Crippen molar-refractivity contribution < 1.29 is 19.5 Å². The first-order valence-corrected chi connectivity index (χ1v) is 8.97. The molecular weight excluding hydrogens is 320 g/mol. The molecule has 0 radical (unpaired) electrons. The molecule has 0 aromatic heterocycles. The normalized spacial score (nSPS) is 23.3. The lowest BCUT2D eigenvalue weighted by molar-refractivity contribution is -0.136. The van der Waals surface area contributed by atoms with Gasteiger partial charge >= 0.3 is 5.97 Å². The average Bonchev–Trinajstić information content (AvgIpc) is 3.10. The van der Waals surface area contributed by atoms with Gasteiger partial charge in [-0.15, -0.1) is 0 Å². The highest BCUT2D eigenvalue weighted by molar-refractivity contribution is 5.96. The van der Waals surface area contributed by atoms with Gasteiger partial charge in [0.15, 0.2) is 0 Å². The first kappa shape index (κ1) is 17.5. The Bertz CT molecular complexity index is 650. The topological polar surface area (TPSA) is 86.7 Å². The first-order chi connectivity index (χ1) is 12.0. The van der Waals surface area contributed by atoms with Crippen LogP contribution in [-0.4, -0.2) is 46.9 Å². The third-order valence-corrected chi connectivity index (χ3v) is 5.18. The van der Waals surface area contributed by atoms with Crippen LogP contribution in [0, 0.1) is 5.92 Å². The van der Waals surface area contributed by atoms with Crippen LogP contribution in [0.15, 0.2) is 24.3 Å². The molecule has 0 spiro atoms. The quantitative estimate of drug-likeness (QED) is 0.877. The third-order valence-electron chi connectivity index (χ3n) is 5.18. The predicted molar refractivity (Wildman–Crippen MR) is 92.4 cm³/mol. The third kappa shape index (κ3) is 4.18. The molecule has 1 saturated heterocycles. The second-order valence-electron chi connectivity index (χ2n) is 6.95. The lowest BCUT2D eigenvalue weighted by atomic mass is 10.0. The second-order valence-corrected chi connectivity index (χ2v) is 6.95. The number of nitrogens with one attached hydrogen (secondary N) is 1. The van der Waals surface area contributed by atoms with E-state index in [0.29, 0.717) is 12.0 Å². The smallest absolute Gasteiger partial charge is 0.335 e. The molecule has 2 aliphatic rings. The van der Waals surface area contributed by atoms with Gasteiger partial charge in [0, 0.05) is 30.6 Å². The Morgan fingerprint density at radius 2 is 1.60 bits per heavy atom. The van der Waals surface area contributed by atoms with Crippen molar-refractivity contribution in [1.29, 1.82) is 0 Å². The minimum atomic E-state index is -1.01. The number of hydrogen-bond acceptors (Lipinski definition) is 3. The van der Waals surface area contributed by atoms with Gasteiger partial charge in [-0.1, -0.05) is 0 Å². The van der Waals surface area contributed by atoms with Gasteiger partial charge in [-0.25, -0.2) is 4.79 Å².